The van der Waals surface area contributed by atoms with Crippen LogP contribution in [0.5, 0.6) is 5.75 Å². The quantitative estimate of drug-likeness (QED) is 0.508. The lowest BCUT2D eigenvalue weighted by atomic mass is 9.79. The number of ether oxygens (including phenoxy) is 1. The van der Waals surface area contributed by atoms with E-state index in [1.165, 1.54) is 18.4 Å². The largest absolute Gasteiger partial charge is 0.489 e. The topological polar surface area (TPSA) is 33.3 Å². The number of thiocarbonyl (C=S) groups is 1. The van der Waals surface area contributed by atoms with Gasteiger partial charge in [-0.25, -0.2) is 4.39 Å². The molecule has 3 rings (SSSR count). The summed E-state index contributed by atoms with van der Waals surface area (Å²) >= 11 is 5.48. The van der Waals surface area contributed by atoms with Crippen LogP contribution in [0.1, 0.15) is 31.2 Å². The Hall–Kier alpha value is -2.40. The van der Waals surface area contributed by atoms with Crippen LogP contribution < -0.4 is 15.4 Å². The van der Waals surface area contributed by atoms with Gasteiger partial charge in [0.2, 0.25) is 0 Å². The Labute approximate surface area is 165 Å². The van der Waals surface area contributed by atoms with Crippen LogP contribution in [-0.2, 0) is 5.41 Å². The lowest BCUT2D eigenvalue weighted by molar-refractivity contribution is 0.363. The fraction of sp³-hybridized carbons (Fsp3) is 0.318. The van der Waals surface area contributed by atoms with Crippen molar-refractivity contribution >= 4 is 23.0 Å². The average molecular weight is 385 g/mol. The maximum Gasteiger partial charge on any atom is 0.170 e. The minimum absolute atomic E-state index is 0.00829. The van der Waals surface area contributed by atoms with E-state index in [4.69, 9.17) is 17.0 Å². The van der Waals surface area contributed by atoms with Crippen LogP contribution >= 0.6 is 12.2 Å². The van der Waals surface area contributed by atoms with E-state index in [9.17, 15) is 4.39 Å². The molecule has 2 aromatic carbocycles. The molecule has 2 N–H and O–H groups in total. The Balaban J connectivity index is 1.62. The smallest absolute Gasteiger partial charge is 0.170 e. The van der Waals surface area contributed by atoms with E-state index < -0.39 is 0 Å². The van der Waals surface area contributed by atoms with Gasteiger partial charge in [0.15, 0.2) is 5.11 Å². The number of hydrogen-bond acceptors (Lipinski definition) is 2. The molecule has 0 spiro atoms. The van der Waals surface area contributed by atoms with Crippen LogP contribution in [0.25, 0.3) is 0 Å². The summed E-state index contributed by atoms with van der Waals surface area (Å²) in [6.45, 7) is 4.85. The minimum atomic E-state index is -0.199. The maximum atomic E-state index is 13.3. The van der Waals surface area contributed by atoms with Gasteiger partial charge in [-0.1, -0.05) is 43.7 Å². The first-order valence-corrected chi connectivity index (χ1v) is 9.67. The molecule has 0 amide bonds. The highest BCUT2D eigenvalue weighted by Gasteiger charge is 2.35. The van der Waals surface area contributed by atoms with Crippen molar-refractivity contribution in [2.24, 2.45) is 0 Å². The van der Waals surface area contributed by atoms with Crippen molar-refractivity contribution in [3.63, 3.8) is 0 Å². The number of anilines is 1. The van der Waals surface area contributed by atoms with E-state index in [0.717, 1.165) is 30.8 Å². The van der Waals surface area contributed by atoms with E-state index >= 15 is 0 Å². The number of halogens is 1. The van der Waals surface area contributed by atoms with E-state index in [-0.39, 0.29) is 11.2 Å². The molecule has 1 fully saturated rings. The van der Waals surface area contributed by atoms with E-state index in [0.29, 0.717) is 11.7 Å². The van der Waals surface area contributed by atoms with Gasteiger partial charge in [-0.2, -0.15) is 0 Å². The Morgan fingerprint density at radius 3 is 2.63 bits per heavy atom. The molecule has 0 saturated heterocycles. The molecule has 1 aliphatic rings. The number of hydrogen-bond donors (Lipinski definition) is 2. The first kappa shape index (κ1) is 19.4. The van der Waals surface area contributed by atoms with Gasteiger partial charge in [-0.15, -0.1) is 0 Å². The molecule has 0 bridgehead atoms. The molecule has 3 nitrogen and oxygen atoms in total. The van der Waals surface area contributed by atoms with Gasteiger partial charge in [-0.3, -0.25) is 0 Å². The fourth-order valence-electron chi connectivity index (χ4n) is 3.67. The lowest BCUT2D eigenvalue weighted by Crippen LogP contribution is -2.40. The van der Waals surface area contributed by atoms with Crippen LogP contribution in [0.2, 0.25) is 0 Å². The monoisotopic (exact) mass is 384 g/mol. The molecule has 142 valence electrons. The van der Waals surface area contributed by atoms with Crippen molar-refractivity contribution in [2.75, 3.05) is 18.5 Å². The molecule has 0 aliphatic heterocycles. The fourth-order valence-corrected chi connectivity index (χ4v) is 3.86. The normalized spacial score (nSPS) is 15.1. The molecule has 1 saturated carbocycles. The first-order valence-electron chi connectivity index (χ1n) is 9.26. The third-order valence-corrected chi connectivity index (χ3v) is 5.31. The van der Waals surface area contributed by atoms with Gasteiger partial charge in [0.1, 0.15) is 18.2 Å². The Kier molecular flexibility index (Phi) is 6.45. The van der Waals surface area contributed by atoms with Crippen molar-refractivity contribution in [2.45, 2.75) is 31.1 Å². The van der Waals surface area contributed by atoms with Crippen molar-refractivity contribution < 1.29 is 9.13 Å². The average Bonchev–Trinajstić information content (AvgIpc) is 3.16. The maximum absolute atomic E-state index is 13.3. The summed E-state index contributed by atoms with van der Waals surface area (Å²) in [6.07, 6.45) is 6.24. The molecular formula is C22H25FN2OS. The molecule has 0 radical (unpaired) electrons. The second-order valence-corrected chi connectivity index (χ2v) is 7.34. The Morgan fingerprint density at radius 1 is 1.19 bits per heavy atom. The highest BCUT2D eigenvalue weighted by molar-refractivity contribution is 7.80. The van der Waals surface area contributed by atoms with Gasteiger partial charge in [0, 0.05) is 23.7 Å². The number of rotatable bonds is 7. The SMILES string of the molecule is C=CCOc1cccc(NC(=S)NCC2(c3ccc(F)cc3)CCCC2)c1. The van der Waals surface area contributed by atoms with Crippen LogP contribution in [0.15, 0.2) is 61.2 Å². The van der Waals surface area contributed by atoms with Crippen LogP contribution in [0.3, 0.4) is 0 Å². The predicted molar refractivity (Wildman–Crippen MR) is 113 cm³/mol. The zero-order valence-corrected chi connectivity index (χ0v) is 16.2. The minimum Gasteiger partial charge on any atom is -0.489 e. The van der Waals surface area contributed by atoms with Crippen LogP contribution in [-0.4, -0.2) is 18.3 Å². The molecule has 0 unspecified atom stereocenters. The Bertz CT molecular complexity index is 785. The van der Waals surface area contributed by atoms with E-state index in [2.05, 4.69) is 17.2 Å². The lowest BCUT2D eigenvalue weighted by Gasteiger charge is -2.30. The molecule has 0 aromatic heterocycles. The molecule has 0 atom stereocenters. The Morgan fingerprint density at radius 2 is 1.93 bits per heavy atom. The highest BCUT2D eigenvalue weighted by Crippen LogP contribution is 2.40. The predicted octanol–water partition coefficient (Wildman–Crippen LogP) is 5.19. The number of nitrogens with one attached hydrogen (secondary N) is 2. The summed E-state index contributed by atoms with van der Waals surface area (Å²) in [5, 5.41) is 7.15. The third-order valence-electron chi connectivity index (χ3n) is 5.06. The highest BCUT2D eigenvalue weighted by atomic mass is 32.1. The van der Waals surface area contributed by atoms with Crippen molar-refractivity contribution in [3.05, 3.63) is 72.6 Å². The summed E-state index contributed by atoms with van der Waals surface area (Å²) in [5.41, 5.74) is 2.06. The van der Waals surface area contributed by atoms with Crippen molar-refractivity contribution in [1.29, 1.82) is 0 Å². The molecule has 1 aliphatic carbocycles. The van der Waals surface area contributed by atoms with Gasteiger partial charge in [0.05, 0.1) is 0 Å². The van der Waals surface area contributed by atoms with Gasteiger partial charge in [-0.05, 0) is 54.9 Å². The first-order chi connectivity index (χ1) is 13.1. The molecule has 0 heterocycles. The molecule has 2 aromatic rings. The zero-order valence-electron chi connectivity index (χ0n) is 15.3. The van der Waals surface area contributed by atoms with Crippen LogP contribution in [0, 0.1) is 5.82 Å². The molecular weight excluding hydrogens is 359 g/mol. The van der Waals surface area contributed by atoms with Gasteiger partial charge >= 0.3 is 0 Å². The van der Waals surface area contributed by atoms with E-state index in [1.54, 1.807) is 18.2 Å². The summed E-state index contributed by atoms with van der Waals surface area (Å²) < 4.78 is 18.9. The van der Waals surface area contributed by atoms with Gasteiger partial charge < -0.3 is 15.4 Å². The van der Waals surface area contributed by atoms with Crippen molar-refractivity contribution in [3.8, 4) is 5.75 Å². The van der Waals surface area contributed by atoms with Crippen molar-refractivity contribution in [1.82, 2.24) is 5.32 Å². The zero-order chi connectivity index (χ0) is 19.1. The summed E-state index contributed by atoms with van der Waals surface area (Å²) in [6, 6.07) is 14.6. The number of benzene rings is 2. The second kappa shape index (κ2) is 9.00. The second-order valence-electron chi connectivity index (χ2n) is 6.93. The molecule has 27 heavy (non-hydrogen) atoms. The van der Waals surface area contributed by atoms with Gasteiger partial charge in [0.25, 0.3) is 0 Å². The standard InChI is InChI=1S/C22H25FN2OS/c1-2-14-26-20-7-5-6-19(15-20)25-21(27)24-16-22(12-3-4-13-22)17-8-10-18(23)11-9-17/h2,5-11,15H,1,3-4,12-14,16H2,(H2,24,25,27). The molecule has 5 heteroatoms. The third kappa shape index (κ3) is 5.07. The summed E-state index contributed by atoms with van der Waals surface area (Å²) in [5.74, 6) is 0.567. The summed E-state index contributed by atoms with van der Waals surface area (Å²) in [4.78, 5) is 0. The van der Waals surface area contributed by atoms with Crippen LogP contribution in [0.4, 0.5) is 10.1 Å². The van der Waals surface area contributed by atoms with E-state index in [1.807, 2.05) is 36.4 Å². The summed E-state index contributed by atoms with van der Waals surface area (Å²) in [7, 11) is 0.